The van der Waals surface area contributed by atoms with E-state index in [0.29, 0.717) is 50.9 Å². The van der Waals surface area contributed by atoms with Crippen molar-refractivity contribution >= 4 is 29.2 Å². The molecule has 0 bridgehead atoms. The van der Waals surface area contributed by atoms with Crippen LogP contribution in [-0.4, -0.2) is 39.5 Å². The Morgan fingerprint density at radius 3 is 2.50 bits per heavy atom. The number of carbonyl (C=O) groups is 3. The number of para-hydroxylation sites is 1. The van der Waals surface area contributed by atoms with Crippen LogP contribution in [0.1, 0.15) is 64.5 Å². The van der Waals surface area contributed by atoms with Crippen LogP contribution in [0.15, 0.2) is 55.1 Å². The SMILES string of the molecule is C=C/C1=C(\C=C)c2nnn(CCCCC=O)c2-c2ccccc2N(C(=O)CCCCC(=O)C(C)C)C1. The van der Waals surface area contributed by atoms with Gasteiger partial charge < -0.3 is 9.69 Å². The molecule has 0 saturated heterocycles. The minimum absolute atomic E-state index is 0.00401. The first-order chi connectivity index (χ1) is 17.4. The molecular formula is C29H36N4O3. The van der Waals surface area contributed by atoms with Gasteiger partial charge in [0.25, 0.3) is 0 Å². The third-order valence-corrected chi connectivity index (χ3v) is 6.52. The van der Waals surface area contributed by atoms with E-state index in [9.17, 15) is 14.4 Å². The number of Topliss-reactive ketones (excluding diaryl/α,β-unsaturated/α-hetero) is 1. The Balaban J connectivity index is 1.98. The predicted molar refractivity (Wildman–Crippen MR) is 143 cm³/mol. The maximum absolute atomic E-state index is 13.5. The van der Waals surface area contributed by atoms with Gasteiger partial charge in [0.1, 0.15) is 17.8 Å². The van der Waals surface area contributed by atoms with Gasteiger partial charge in [-0.15, -0.1) is 5.10 Å². The number of hydrogen-bond acceptors (Lipinski definition) is 5. The molecule has 0 radical (unpaired) electrons. The van der Waals surface area contributed by atoms with Crippen molar-refractivity contribution in [1.82, 2.24) is 15.0 Å². The predicted octanol–water partition coefficient (Wildman–Crippen LogP) is 5.57. The largest absolute Gasteiger partial charge is 0.307 e. The molecule has 0 fully saturated rings. The third-order valence-electron chi connectivity index (χ3n) is 6.52. The fourth-order valence-corrected chi connectivity index (χ4v) is 4.43. The summed E-state index contributed by atoms with van der Waals surface area (Å²) in [6.07, 6.45) is 8.69. The van der Waals surface area contributed by atoms with Gasteiger partial charge in [-0.3, -0.25) is 9.59 Å². The van der Waals surface area contributed by atoms with Crippen molar-refractivity contribution in [3.8, 4) is 11.3 Å². The highest BCUT2D eigenvalue weighted by Crippen LogP contribution is 2.39. The minimum Gasteiger partial charge on any atom is -0.307 e. The number of allylic oxidation sites excluding steroid dienone is 2. The Kier molecular flexibility index (Phi) is 9.68. The van der Waals surface area contributed by atoms with Gasteiger partial charge >= 0.3 is 0 Å². The molecule has 0 N–H and O–H groups in total. The highest BCUT2D eigenvalue weighted by molar-refractivity contribution is 6.01. The van der Waals surface area contributed by atoms with E-state index in [1.807, 2.05) is 42.8 Å². The number of amides is 1. The molecule has 0 spiro atoms. The molecule has 0 unspecified atom stereocenters. The molecule has 1 aliphatic heterocycles. The number of aryl methyl sites for hydroxylation is 1. The lowest BCUT2D eigenvalue weighted by Crippen LogP contribution is -2.34. The molecule has 1 aliphatic rings. The number of benzene rings is 1. The second-order valence-corrected chi connectivity index (χ2v) is 9.34. The molecule has 0 aliphatic carbocycles. The summed E-state index contributed by atoms with van der Waals surface area (Å²) in [5, 5.41) is 8.93. The number of unbranched alkanes of at least 4 members (excludes halogenated alkanes) is 3. The Hall–Kier alpha value is -3.61. The Morgan fingerprint density at radius 2 is 1.81 bits per heavy atom. The molecule has 0 atom stereocenters. The number of nitrogens with zero attached hydrogens (tertiary/aromatic N) is 4. The maximum Gasteiger partial charge on any atom is 0.227 e. The summed E-state index contributed by atoms with van der Waals surface area (Å²) < 4.78 is 1.86. The third kappa shape index (κ3) is 6.14. The quantitative estimate of drug-likeness (QED) is 0.272. The van der Waals surface area contributed by atoms with Crippen molar-refractivity contribution in [1.29, 1.82) is 0 Å². The van der Waals surface area contributed by atoms with Gasteiger partial charge in [-0.05, 0) is 37.3 Å². The summed E-state index contributed by atoms with van der Waals surface area (Å²) in [5.41, 5.74) is 4.85. The number of rotatable bonds is 13. The topological polar surface area (TPSA) is 85.2 Å². The molecule has 1 aromatic carbocycles. The molecule has 3 rings (SSSR count). The molecule has 0 saturated carbocycles. The van der Waals surface area contributed by atoms with Gasteiger partial charge in [0.15, 0.2) is 0 Å². The number of aldehydes is 1. The molecule has 190 valence electrons. The van der Waals surface area contributed by atoms with Crippen molar-refractivity contribution in [3.63, 3.8) is 0 Å². The summed E-state index contributed by atoms with van der Waals surface area (Å²) in [5.74, 6) is 0.245. The molecule has 2 heterocycles. The van der Waals surface area contributed by atoms with Crippen LogP contribution in [0.3, 0.4) is 0 Å². The molecule has 2 aromatic rings. The summed E-state index contributed by atoms with van der Waals surface area (Å²) in [6.45, 7) is 12.8. The zero-order chi connectivity index (χ0) is 26.1. The molecule has 1 aromatic heterocycles. The molecule has 36 heavy (non-hydrogen) atoms. The summed E-state index contributed by atoms with van der Waals surface area (Å²) in [6, 6.07) is 7.80. The van der Waals surface area contributed by atoms with E-state index in [0.717, 1.165) is 47.2 Å². The van der Waals surface area contributed by atoms with Gasteiger partial charge in [-0.2, -0.15) is 0 Å². The number of carbonyl (C=O) groups excluding carboxylic acids is 3. The number of fused-ring (bicyclic) bond motifs is 3. The van der Waals surface area contributed by atoms with Crippen molar-refractivity contribution in [2.75, 3.05) is 11.4 Å². The maximum atomic E-state index is 13.5. The first-order valence-electron chi connectivity index (χ1n) is 12.7. The highest BCUT2D eigenvalue weighted by Gasteiger charge is 2.28. The Labute approximate surface area is 213 Å². The van der Waals surface area contributed by atoms with Crippen molar-refractivity contribution in [2.24, 2.45) is 5.92 Å². The van der Waals surface area contributed by atoms with Crippen molar-refractivity contribution in [2.45, 2.75) is 65.3 Å². The van der Waals surface area contributed by atoms with Crippen LogP contribution in [0.25, 0.3) is 16.8 Å². The number of aromatic nitrogens is 3. The average molecular weight is 489 g/mol. The smallest absolute Gasteiger partial charge is 0.227 e. The first kappa shape index (κ1) is 27.0. The molecule has 1 amide bonds. The molecule has 7 nitrogen and oxygen atoms in total. The average Bonchev–Trinajstić information content (AvgIpc) is 3.28. The lowest BCUT2D eigenvalue weighted by molar-refractivity contribution is -0.122. The zero-order valence-electron chi connectivity index (χ0n) is 21.4. The summed E-state index contributed by atoms with van der Waals surface area (Å²) in [4.78, 5) is 38.0. The van der Waals surface area contributed by atoms with E-state index >= 15 is 0 Å². The van der Waals surface area contributed by atoms with E-state index in [2.05, 4.69) is 23.5 Å². The monoisotopic (exact) mass is 488 g/mol. The lowest BCUT2D eigenvalue weighted by Gasteiger charge is -2.29. The van der Waals surface area contributed by atoms with Gasteiger partial charge in [0.2, 0.25) is 5.91 Å². The van der Waals surface area contributed by atoms with Gasteiger partial charge in [-0.25, -0.2) is 4.68 Å². The van der Waals surface area contributed by atoms with Gasteiger partial charge in [0.05, 0.1) is 17.9 Å². The van der Waals surface area contributed by atoms with E-state index in [1.165, 1.54) is 0 Å². The van der Waals surface area contributed by atoms with E-state index < -0.39 is 0 Å². The summed E-state index contributed by atoms with van der Waals surface area (Å²) in [7, 11) is 0. The first-order valence-corrected chi connectivity index (χ1v) is 12.7. The Bertz CT molecular complexity index is 1160. The number of hydrogen-bond donors (Lipinski definition) is 0. The van der Waals surface area contributed by atoms with Crippen LogP contribution in [-0.2, 0) is 20.9 Å². The van der Waals surface area contributed by atoms with Gasteiger partial charge in [-0.1, -0.05) is 62.6 Å². The second kappa shape index (κ2) is 12.9. The van der Waals surface area contributed by atoms with Crippen LogP contribution in [0.2, 0.25) is 0 Å². The van der Waals surface area contributed by atoms with Crippen LogP contribution < -0.4 is 4.90 Å². The number of ketones is 1. The highest BCUT2D eigenvalue weighted by atomic mass is 16.2. The number of anilines is 1. The van der Waals surface area contributed by atoms with Crippen LogP contribution in [0.4, 0.5) is 5.69 Å². The van der Waals surface area contributed by atoms with Crippen LogP contribution in [0.5, 0.6) is 0 Å². The van der Waals surface area contributed by atoms with Crippen molar-refractivity contribution in [3.05, 3.63) is 60.8 Å². The lowest BCUT2D eigenvalue weighted by atomic mass is 9.95. The van der Waals surface area contributed by atoms with E-state index in [4.69, 9.17) is 0 Å². The van der Waals surface area contributed by atoms with E-state index in [1.54, 1.807) is 17.1 Å². The van der Waals surface area contributed by atoms with Crippen molar-refractivity contribution < 1.29 is 14.4 Å². The molecular weight excluding hydrogens is 452 g/mol. The van der Waals surface area contributed by atoms with Gasteiger partial charge in [0, 0.05) is 42.9 Å². The standard InChI is InChI=1S/C29H36N4O3/c1-5-22-20-32(27(36)17-11-10-16-26(35)21(3)4)25-15-9-8-14-24(25)29-28(23(22)6-2)30-31-33(29)18-12-7-13-19-34/h5-6,8-9,14-15,19,21H,1-2,7,10-13,16-18,20H2,3-4H3/b23-22-. The summed E-state index contributed by atoms with van der Waals surface area (Å²) >= 11 is 0. The molecule has 7 heteroatoms. The fraction of sp³-hybridized carbons (Fsp3) is 0.414. The normalized spacial score (nSPS) is 15.0. The minimum atomic E-state index is -0.00401. The zero-order valence-corrected chi connectivity index (χ0v) is 21.4. The van der Waals surface area contributed by atoms with Crippen LogP contribution >= 0.6 is 0 Å². The van der Waals surface area contributed by atoms with E-state index in [-0.39, 0.29) is 17.6 Å². The Morgan fingerprint density at radius 1 is 1.06 bits per heavy atom. The fourth-order valence-electron chi connectivity index (χ4n) is 4.43. The van der Waals surface area contributed by atoms with Crippen LogP contribution in [0, 0.1) is 5.92 Å². The second-order valence-electron chi connectivity index (χ2n) is 9.34.